The molecule has 116 valence electrons. The molecule has 6 nitrogen and oxygen atoms in total. The first-order valence-corrected chi connectivity index (χ1v) is 7.13. The predicted octanol–water partition coefficient (Wildman–Crippen LogP) is 0.621. The molecule has 2 N–H and O–H groups in total. The van der Waals surface area contributed by atoms with Crippen molar-refractivity contribution in [2.45, 2.75) is 6.54 Å². The van der Waals surface area contributed by atoms with Crippen molar-refractivity contribution >= 4 is 11.7 Å². The lowest BCUT2D eigenvalue weighted by molar-refractivity contribution is -0.135. The molecule has 1 aromatic carbocycles. The Morgan fingerprint density at radius 1 is 1.33 bits per heavy atom. The van der Waals surface area contributed by atoms with Gasteiger partial charge in [-0.15, -0.1) is 0 Å². The Balaban J connectivity index is 2.04. The van der Waals surface area contributed by atoms with Crippen LogP contribution in [0.25, 0.3) is 0 Å². The molecule has 0 bridgehead atoms. The number of aliphatic carboxylic acids is 1. The van der Waals surface area contributed by atoms with Crippen LogP contribution < -0.4 is 15.0 Å². The molecular weight excluding hydrogens is 270 g/mol. The summed E-state index contributed by atoms with van der Waals surface area (Å²) in [5.74, 6) is -0.00907. The summed E-state index contributed by atoms with van der Waals surface area (Å²) in [5.41, 5.74) is 2.12. The molecule has 2 rings (SSSR count). The molecule has 0 atom stereocenters. The van der Waals surface area contributed by atoms with E-state index in [-0.39, 0.29) is 6.54 Å². The molecule has 0 unspecified atom stereocenters. The third kappa shape index (κ3) is 4.34. The van der Waals surface area contributed by atoms with Crippen molar-refractivity contribution < 1.29 is 14.6 Å². The quantitative estimate of drug-likeness (QED) is 0.802. The number of methoxy groups -OCH3 is 1. The minimum Gasteiger partial charge on any atom is -0.495 e. The summed E-state index contributed by atoms with van der Waals surface area (Å²) in [6.45, 7) is 4.55. The van der Waals surface area contributed by atoms with Crippen molar-refractivity contribution in [1.82, 2.24) is 10.2 Å². The number of nitrogens with zero attached hydrogens (tertiary/aromatic N) is 2. The highest BCUT2D eigenvalue weighted by atomic mass is 16.5. The van der Waals surface area contributed by atoms with Crippen molar-refractivity contribution in [1.29, 1.82) is 0 Å². The Bertz CT molecular complexity index is 485. The van der Waals surface area contributed by atoms with Gasteiger partial charge in [0, 0.05) is 32.7 Å². The smallest absolute Gasteiger partial charge is 0.317 e. The highest BCUT2D eigenvalue weighted by Crippen LogP contribution is 2.30. The van der Waals surface area contributed by atoms with Crippen LogP contribution in [0.3, 0.4) is 0 Å². The van der Waals surface area contributed by atoms with Crippen molar-refractivity contribution in [2.24, 2.45) is 0 Å². The SMILES string of the molecule is COc1cc(CNCC(=O)O)ccc1N1CCN(C)CC1. The fraction of sp³-hybridized carbons (Fsp3) is 0.533. The van der Waals surface area contributed by atoms with Crippen molar-refractivity contribution in [3.8, 4) is 5.75 Å². The number of rotatable bonds is 6. The summed E-state index contributed by atoms with van der Waals surface area (Å²) >= 11 is 0. The summed E-state index contributed by atoms with van der Waals surface area (Å²) in [4.78, 5) is 15.1. The van der Waals surface area contributed by atoms with E-state index in [0.717, 1.165) is 43.2 Å². The normalized spacial score (nSPS) is 16.0. The Hall–Kier alpha value is -1.79. The van der Waals surface area contributed by atoms with Crippen LogP contribution in [0.4, 0.5) is 5.69 Å². The van der Waals surface area contributed by atoms with E-state index in [2.05, 4.69) is 28.2 Å². The third-order valence-electron chi connectivity index (χ3n) is 3.69. The van der Waals surface area contributed by atoms with Gasteiger partial charge in [0.05, 0.1) is 19.3 Å². The van der Waals surface area contributed by atoms with Crippen LogP contribution >= 0.6 is 0 Å². The van der Waals surface area contributed by atoms with E-state index in [0.29, 0.717) is 6.54 Å². The summed E-state index contributed by atoms with van der Waals surface area (Å²) in [7, 11) is 3.80. The fourth-order valence-corrected chi connectivity index (χ4v) is 2.45. The van der Waals surface area contributed by atoms with Gasteiger partial charge in [-0.05, 0) is 24.7 Å². The number of carbonyl (C=O) groups is 1. The number of anilines is 1. The monoisotopic (exact) mass is 293 g/mol. The Labute approximate surface area is 125 Å². The molecule has 0 aliphatic carbocycles. The van der Waals surface area contributed by atoms with Crippen LogP contribution in [0.15, 0.2) is 18.2 Å². The average Bonchev–Trinajstić information content (AvgIpc) is 2.48. The molecule has 21 heavy (non-hydrogen) atoms. The average molecular weight is 293 g/mol. The van der Waals surface area contributed by atoms with Crippen molar-refractivity contribution in [2.75, 3.05) is 51.8 Å². The van der Waals surface area contributed by atoms with E-state index in [9.17, 15) is 4.79 Å². The molecule has 1 heterocycles. The van der Waals surface area contributed by atoms with Gasteiger partial charge in [-0.1, -0.05) is 6.07 Å². The van der Waals surface area contributed by atoms with Gasteiger partial charge in [-0.2, -0.15) is 0 Å². The number of carboxylic acid groups (broad SMARTS) is 1. The number of likely N-dealkylation sites (N-methyl/N-ethyl adjacent to an activating group) is 1. The maximum absolute atomic E-state index is 10.5. The van der Waals surface area contributed by atoms with Crippen LogP contribution in [0.5, 0.6) is 5.75 Å². The van der Waals surface area contributed by atoms with Crippen molar-refractivity contribution in [3.05, 3.63) is 23.8 Å². The zero-order chi connectivity index (χ0) is 15.2. The minimum atomic E-state index is -0.851. The molecular formula is C15H23N3O3. The van der Waals surface area contributed by atoms with E-state index >= 15 is 0 Å². The second-order valence-corrected chi connectivity index (χ2v) is 5.29. The standard InChI is InChI=1S/C15H23N3O3/c1-17-5-7-18(8-6-17)13-4-3-12(9-14(13)21-2)10-16-11-15(19)20/h3-4,9,16H,5-8,10-11H2,1-2H3,(H,19,20). The molecule has 1 saturated heterocycles. The van der Waals surface area contributed by atoms with Gasteiger partial charge in [0.1, 0.15) is 5.75 Å². The van der Waals surface area contributed by atoms with Gasteiger partial charge in [0.15, 0.2) is 0 Å². The Morgan fingerprint density at radius 2 is 2.05 bits per heavy atom. The first kappa shape index (κ1) is 15.6. The Kier molecular flexibility index (Phi) is 5.41. The molecule has 0 aromatic heterocycles. The van der Waals surface area contributed by atoms with Gasteiger partial charge in [-0.25, -0.2) is 0 Å². The molecule has 6 heteroatoms. The van der Waals surface area contributed by atoms with E-state index < -0.39 is 5.97 Å². The topological polar surface area (TPSA) is 65.0 Å². The van der Waals surface area contributed by atoms with E-state index in [1.807, 2.05) is 12.1 Å². The van der Waals surface area contributed by atoms with Crippen LogP contribution in [-0.2, 0) is 11.3 Å². The lowest BCUT2D eigenvalue weighted by atomic mass is 10.1. The van der Waals surface area contributed by atoms with E-state index in [4.69, 9.17) is 9.84 Å². The second-order valence-electron chi connectivity index (χ2n) is 5.29. The third-order valence-corrected chi connectivity index (χ3v) is 3.69. The summed E-state index contributed by atoms with van der Waals surface area (Å²) < 4.78 is 5.49. The van der Waals surface area contributed by atoms with Crippen molar-refractivity contribution in [3.63, 3.8) is 0 Å². The number of hydrogen-bond donors (Lipinski definition) is 2. The lowest BCUT2D eigenvalue weighted by Crippen LogP contribution is -2.44. The fourth-order valence-electron chi connectivity index (χ4n) is 2.45. The molecule has 1 fully saturated rings. The predicted molar refractivity (Wildman–Crippen MR) is 82.0 cm³/mol. The van der Waals surface area contributed by atoms with Gasteiger partial charge in [-0.3, -0.25) is 4.79 Å². The summed E-state index contributed by atoms with van der Waals surface area (Å²) in [6, 6.07) is 6.05. The highest BCUT2D eigenvalue weighted by Gasteiger charge is 2.17. The zero-order valence-electron chi connectivity index (χ0n) is 12.6. The first-order chi connectivity index (χ1) is 10.1. The molecule has 1 aliphatic rings. The lowest BCUT2D eigenvalue weighted by Gasteiger charge is -2.34. The second kappa shape index (κ2) is 7.28. The van der Waals surface area contributed by atoms with Gasteiger partial charge in [0.2, 0.25) is 0 Å². The Morgan fingerprint density at radius 3 is 2.67 bits per heavy atom. The number of carboxylic acids is 1. The molecule has 0 spiro atoms. The summed E-state index contributed by atoms with van der Waals surface area (Å²) in [6.07, 6.45) is 0. The van der Waals surface area contributed by atoms with Crippen LogP contribution in [0.2, 0.25) is 0 Å². The first-order valence-electron chi connectivity index (χ1n) is 7.13. The maximum atomic E-state index is 10.5. The zero-order valence-corrected chi connectivity index (χ0v) is 12.6. The maximum Gasteiger partial charge on any atom is 0.317 e. The molecule has 0 radical (unpaired) electrons. The molecule has 0 amide bonds. The van der Waals surface area contributed by atoms with Gasteiger partial charge < -0.3 is 25.0 Å². The molecule has 1 aromatic rings. The summed E-state index contributed by atoms with van der Waals surface area (Å²) in [5, 5.41) is 11.5. The number of benzene rings is 1. The van der Waals surface area contributed by atoms with Crippen LogP contribution in [0.1, 0.15) is 5.56 Å². The van der Waals surface area contributed by atoms with Gasteiger partial charge >= 0.3 is 5.97 Å². The number of nitrogens with one attached hydrogen (secondary N) is 1. The largest absolute Gasteiger partial charge is 0.495 e. The molecule has 1 aliphatic heterocycles. The number of ether oxygens (including phenoxy) is 1. The van der Waals surface area contributed by atoms with Crippen LogP contribution in [-0.4, -0.2) is 62.9 Å². The minimum absolute atomic E-state index is 0.0392. The van der Waals surface area contributed by atoms with E-state index in [1.165, 1.54) is 0 Å². The van der Waals surface area contributed by atoms with E-state index in [1.54, 1.807) is 7.11 Å². The number of hydrogen-bond acceptors (Lipinski definition) is 5. The number of piperazine rings is 1. The highest BCUT2D eigenvalue weighted by molar-refractivity contribution is 5.69. The van der Waals surface area contributed by atoms with Crippen LogP contribution in [0, 0.1) is 0 Å². The van der Waals surface area contributed by atoms with Gasteiger partial charge in [0.25, 0.3) is 0 Å². The molecule has 0 saturated carbocycles.